The molecule has 0 fully saturated rings. The van der Waals surface area contributed by atoms with E-state index in [1.165, 1.54) is 11.1 Å². The molecule has 9 heteroatoms. The molecule has 0 aliphatic heterocycles. The fraction of sp³-hybridized carbons (Fsp3) is 0.259. The van der Waals surface area contributed by atoms with Crippen molar-refractivity contribution in [3.05, 3.63) is 83.4 Å². The minimum absolute atomic E-state index is 0.110. The lowest BCUT2D eigenvalue weighted by Crippen LogP contribution is -2.15. The maximum absolute atomic E-state index is 10.9. The topological polar surface area (TPSA) is 118 Å². The Labute approximate surface area is 210 Å². The molecule has 4 aromatic rings. The van der Waals surface area contributed by atoms with Crippen LogP contribution in [0.5, 0.6) is 0 Å². The SMILES string of the molecule is COCc1cc(-c2nc(-c3ccc(CNCCCP(=O)(O)O)cc3)no2)ccc1-c1ccccc1C. The summed E-state index contributed by atoms with van der Waals surface area (Å²) < 4.78 is 21.9. The monoisotopic (exact) mass is 507 g/mol. The molecule has 0 amide bonds. The van der Waals surface area contributed by atoms with Gasteiger partial charge in [0.15, 0.2) is 0 Å². The van der Waals surface area contributed by atoms with Crippen LogP contribution in [-0.4, -0.2) is 39.7 Å². The van der Waals surface area contributed by atoms with Crippen molar-refractivity contribution in [2.24, 2.45) is 0 Å². The van der Waals surface area contributed by atoms with Crippen LogP contribution in [0, 0.1) is 6.92 Å². The van der Waals surface area contributed by atoms with Crippen molar-refractivity contribution in [2.45, 2.75) is 26.5 Å². The molecule has 0 spiro atoms. The van der Waals surface area contributed by atoms with Gasteiger partial charge in [0.1, 0.15) is 0 Å². The summed E-state index contributed by atoms with van der Waals surface area (Å²) in [7, 11) is -2.25. The van der Waals surface area contributed by atoms with Gasteiger partial charge in [0, 0.05) is 24.8 Å². The minimum Gasteiger partial charge on any atom is -0.380 e. The van der Waals surface area contributed by atoms with E-state index in [0.717, 1.165) is 27.8 Å². The highest BCUT2D eigenvalue weighted by Crippen LogP contribution is 2.34. The van der Waals surface area contributed by atoms with E-state index in [2.05, 4.69) is 40.6 Å². The third kappa shape index (κ3) is 6.75. The molecule has 1 heterocycles. The molecule has 0 unspecified atom stereocenters. The van der Waals surface area contributed by atoms with Crippen molar-refractivity contribution in [3.8, 4) is 34.0 Å². The summed E-state index contributed by atoms with van der Waals surface area (Å²) in [5.74, 6) is 0.942. The molecule has 0 bridgehead atoms. The predicted octanol–water partition coefficient (Wildman–Crippen LogP) is 5.18. The first-order valence-electron chi connectivity index (χ1n) is 11.7. The van der Waals surface area contributed by atoms with Crippen molar-refractivity contribution in [1.29, 1.82) is 0 Å². The Balaban J connectivity index is 1.45. The van der Waals surface area contributed by atoms with Crippen LogP contribution in [0.1, 0.15) is 23.1 Å². The van der Waals surface area contributed by atoms with Crippen molar-refractivity contribution >= 4 is 7.60 Å². The second-order valence-corrected chi connectivity index (χ2v) is 10.4. The van der Waals surface area contributed by atoms with E-state index in [1.54, 1.807) is 7.11 Å². The van der Waals surface area contributed by atoms with E-state index in [4.69, 9.17) is 19.0 Å². The van der Waals surface area contributed by atoms with E-state index in [0.29, 0.717) is 37.8 Å². The number of aryl methyl sites for hydroxylation is 1. The van der Waals surface area contributed by atoms with Gasteiger partial charge >= 0.3 is 7.60 Å². The van der Waals surface area contributed by atoms with Crippen molar-refractivity contribution < 1.29 is 23.6 Å². The maximum atomic E-state index is 10.9. The Morgan fingerprint density at radius 1 is 1.00 bits per heavy atom. The van der Waals surface area contributed by atoms with Crippen LogP contribution in [0.4, 0.5) is 0 Å². The number of nitrogens with one attached hydrogen (secondary N) is 1. The van der Waals surface area contributed by atoms with Gasteiger partial charge in [-0.1, -0.05) is 59.8 Å². The lowest BCUT2D eigenvalue weighted by Gasteiger charge is -2.12. The number of aromatic nitrogens is 2. The fourth-order valence-electron chi connectivity index (χ4n) is 4.01. The van der Waals surface area contributed by atoms with Gasteiger partial charge in [-0.05, 0) is 59.8 Å². The molecule has 0 atom stereocenters. The number of methoxy groups -OCH3 is 1. The third-order valence-electron chi connectivity index (χ3n) is 5.86. The van der Waals surface area contributed by atoms with Crippen molar-refractivity contribution in [3.63, 3.8) is 0 Å². The molecule has 0 radical (unpaired) electrons. The third-order valence-corrected chi connectivity index (χ3v) is 6.76. The number of hydrogen-bond acceptors (Lipinski definition) is 6. The summed E-state index contributed by atoms with van der Waals surface area (Å²) in [5, 5.41) is 7.36. The van der Waals surface area contributed by atoms with E-state index < -0.39 is 7.60 Å². The molecule has 0 saturated carbocycles. The Morgan fingerprint density at radius 2 is 1.75 bits per heavy atom. The Morgan fingerprint density at radius 3 is 2.47 bits per heavy atom. The minimum atomic E-state index is -3.93. The Bertz CT molecular complexity index is 1350. The van der Waals surface area contributed by atoms with Crippen molar-refractivity contribution in [1.82, 2.24) is 15.5 Å². The second kappa shape index (κ2) is 11.7. The molecule has 188 valence electrons. The highest BCUT2D eigenvalue weighted by atomic mass is 31.2. The summed E-state index contributed by atoms with van der Waals surface area (Å²) >= 11 is 0. The quantitative estimate of drug-likeness (QED) is 0.188. The van der Waals surface area contributed by atoms with Crippen LogP contribution in [-0.2, 0) is 22.5 Å². The van der Waals surface area contributed by atoms with E-state index >= 15 is 0 Å². The van der Waals surface area contributed by atoms with Gasteiger partial charge in [0.25, 0.3) is 5.89 Å². The highest BCUT2D eigenvalue weighted by Gasteiger charge is 2.15. The van der Waals surface area contributed by atoms with Crippen LogP contribution in [0.3, 0.4) is 0 Å². The zero-order chi connectivity index (χ0) is 25.5. The summed E-state index contributed by atoms with van der Waals surface area (Å²) in [6.07, 6.45) is 0.312. The molecular formula is C27H30N3O5P. The van der Waals surface area contributed by atoms with Gasteiger partial charge in [0.05, 0.1) is 12.8 Å². The lowest BCUT2D eigenvalue weighted by atomic mass is 9.94. The molecular weight excluding hydrogens is 477 g/mol. The normalized spacial score (nSPS) is 11.7. The van der Waals surface area contributed by atoms with Crippen LogP contribution < -0.4 is 5.32 Å². The van der Waals surface area contributed by atoms with Gasteiger partial charge < -0.3 is 24.4 Å². The van der Waals surface area contributed by atoms with Gasteiger partial charge in [-0.3, -0.25) is 4.57 Å². The van der Waals surface area contributed by atoms with Crippen LogP contribution in [0.2, 0.25) is 0 Å². The zero-order valence-electron chi connectivity index (χ0n) is 20.3. The number of rotatable bonds is 11. The summed E-state index contributed by atoms with van der Waals surface area (Å²) in [4.78, 5) is 22.4. The van der Waals surface area contributed by atoms with Gasteiger partial charge in [-0.2, -0.15) is 4.98 Å². The highest BCUT2D eigenvalue weighted by molar-refractivity contribution is 7.51. The van der Waals surface area contributed by atoms with E-state index in [-0.39, 0.29) is 6.16 Å². The van der Waals surface area contributed by atoms with Crippen LogP contribution in [0.25, 0.3) is 34.0 Å². The number of ether oxygens (including phenoxy) is 1. The molecule has 3 N–H and O–H groups in total. The predicted molar refractivity (Wildman–Crippen MR) is 139 cm³/mol. The first-order valence-corrected chi connectivity index (χ1v) is 13.5. The lowest BCUT2D eigenvalue weighted by molar-refractivity contribution is 0.185. The fourth-order valence-corrected chi connectivity index (χ4v) is 4.58. The Kier molecular flexibility index (Phi) is 8.46. The smallest absolute Gasteiger partial charge is 0.325 e. The molecule has 1 aromatic heterocycles. The second-order valence-electron chi connectivity index (χ2n) is 8.66. The van der Waals surface area contributed by atoms with Gasteiger partial charge in [-0.25, -0.2) is 0 Å². The van der Waals surface area contributed by atoms with Crippen LogP contribution >= 0.6 is 7.60 Å². The largest absolute Gasteiger partial charge is 0.380 e. The maximum Gasteiger partial charge on any atom is 0.325 e. The molecule has 0 aliphatic rings. The molecule has 4 rings (SSSR count). The number of benzene rings is 3. The molecule has 3 aromatic carbocycles. The van der Waals surface area contributed by atoms with Crippen LogP contribution in [0.15, 0.2) is 71.3 Å². The van der Waals surface area contributed by atoms with Gasteiger partial charge in [0.2, 0.25) is 5.82 Å². The van der Waals surface area contributed by atoms with Crippen molar-refractivity contribution in [2.75, 3.05) is 19.8 Å². The van der Waals surface area contributed by atoms with E-state index in [1.807, 2.05) is 48.5 Å². The standard InChI is InChI=1S/C27H30N3O5P/c1-19-6-3-4-7-24(19)25-13-12-22(16-23(25)18-34-2)27-29-26(30-35-27)21-10-8-20(9-11-21)17-28-14-5-15-36(31,32)33/h3-4,6-13,16,28H,5,14-15,17-18H2,1-2H3,(H2,31,32,33). The molecule has 36 heavy (non-hydrogen) atoms. The number of hydrogen-bond donors (Lipinski definition) is 3. The summed E-state index contributed by atoms with van der Waals surface area (Å²) in [6, 6.07) is 22.1. The molecule has 0 aliphatic carbocycles. The summed E-state index contributed by atoms with van der Waals surface area (Å²) in [6.45, 7) is 3.70. The Hall–Kier alpha value is -3.13. The molecule has 0 saturated heterocycles. The van der Waals surface area contributed by atoms with Gasteiger partial charge in [-0.15, -0.1) is 0 Å². The first-order chi connectivity index (χ1) is 17.3. The summed E-state index contributed by atoms with van der Waals surface area (Å²) in [5.41, 5.74) is 7.24. The first kappa shape index (κ1) is 25.9. The van der Waals surface area contributed by atoms with E-state index in [9.17, 15) is 4.57 Å². The average molecular weight is 508 g/mol. The molecule has 8 nitrogen and oxygen atoms in total. The zero-order valence-corrected chi connectivity index (χ0v) is 21.2. The average Bonchev–Trinajstić information content (AvgIpc) is 3.35. The number of nitrogens with zero attached hydrogens (tertiary/aromatic N) is 2.